The second-order valence-electron chi connectivity index (χ2n) is 2.61. The molecule has 0 amide bonds. The molecule has 0 aromatic carbocycles. The van der Waals surface area contributed by atoms with Crippen LogP contribution < -0.4 is 16.4 Å². The van der Waals surface area contributed by atoms with Crippen molar-refractivity contribution in [2.45, 2.75) is 6.42 Å². The van der Waals surface area contributed by atoms with Gasteiger partial charge < -0.3 is 5.43 Å². The topological polar surface area (TPSA) is 36.1 Å². The van der Waals surface area contributed by atoms with Gasteiger partial charge in [-0.05, 0) is 12.5 Å². The number of hydrazine groups is 2. The van der Waals surface area contributed by atoms with E-state index in [4.69, 9.17) is 0 Å². The molecule has 54 valence electrons. The summed E-state index contributed by atoms with van der Waals surface area (Å²) >= 11 is 0. The minimum Gasteiger partial charge on any atom is -0.312 e. The van der Waals surface area contributed by atoms with Crippen LogP contribution in [-0.4, -0.2) is 6.54 Å². The van der Waals surface area contributed by atoms with Crippen LogP contribution in [0.4, 0.5) is 0 Å². The normalized spacial score (nSPS) is 30.4. The van der Waals surface area contributed by atoms with Crippen LogP contribution in [0.15, 0.2) is 23.9 Å². The van der Waals surface area contributed by atoms with Gasteiger partial charge in [0.2, 0.25) is 0 Å². The van der Waals surface area contributed by atoms with Crippen molar-refractivity contribution < 1.29 is 0 Å². The molecule has 0 aromatic rings. The fourth-order valence-electron chi connectivity index (χ4n) is 1.31. The van der Waals surface area contributed by atoms with E-state index in [1.54, 1.807) is 0 Å². The SMILES string of the molecule is C1=CCC2CNNNC2=C1. The Morgan fingerprint density at radius 3 is 3.40 bits per heavy atom. The zero-order valence-corrected chi connectivity index (χ0v) is 5.72. The minimum atomic E-state index is 0.645. The number of rotatable bonds is 0. The molecular weight excluding hydrogens is 126 g/mol. The molecular formula is C7H11N3. The lowest BCUT2D eigenvalue weighted by Gasteiger charge is -2.28. The van der Waals surface area contributed by atoms with Gasteiger partial charge in [0.25, 0.3) is 0 Å². The molecule has 1 fully saturated rings. The van der Waals surface area contributed by atoms with Crippen molar-refractivity contribution in [1.82, 2.24) is 16.4 Å². The highest BCUT2D eigenvalue weighted by atomic mass is 15.6. The molecule has 1 aliphatic carbocycles. The van der Waals surface area contributed by atoms with Crippen LogP contribution in [0.5, 0.6) is 0 Å². The number of hydrogen-bond donors (Lipinski definition) is 3. The quantitative estimate of drug-likeness (QED) is 0.442. The van der Waals surface area contributed by atoms with Crippen molar-refractivity contribution in [2.24, 2.45) is 5.92 Å². The number of nitrogens with one attached hydrogen (secondary N) is 3. The van der Waals surface area contributed by atoms with Gasteiger partial charge in [0, 0.05) is 18.2 Å². The minimum absolute atomic E-state index is 0.645. The first kappa shape index (κ1) is 5.95. The Morgan fingerprint density at radius 2 is 2.50 bits per heavy atom. The zero-order valence-electron chi connectivity index (χ0n) is 5.72. The molecule has 2 aliphatic rings. The summed E-state index contributed by atoms with van der Waals surface area (Å²) in [7, 11) is 0. The van der Waals surface area contributed by atoms with Crippen molar-refractivity contribution >= 4 is 0 Å². The second-order valence-corrected chi connectivity index (χ2v) is 2.61. The molecule has 0 aromatic heterocycles. The second kappa shape index (κ2) is 2.44. The lowest BCUT2D eigenvalue weighted by molar-refractivity contribution is 0.344. The van der Waals surface area contributed by atoms with Crippen LogP contribution in [0, 0.1) is 5.92 Å². The van der Waals surface area contributed by atoms with Gasteiger partial charge in [0.05, 0.1) is 0 Å². The van der Waals surface area contributed by atoms with E-state index in [1.165, 1.54) is 5.70 Å². The zero-order chi connectivity index (χ0) is 6.81. The highest BCUT2D eigenvalue weighted by molar-refractivity contribution is 5.20. The van der Waals surface area contributed by atoms with Crippen LogP contribution in [0.3, 0.4) is 0 Å². The Balaban J connectivity index is 2.14. The van der Waals surface area contributed by atoms with E-state index in [0.29, 0.717) is 5.92 Å². The lowest BCUT2D eigenvalue weighted by atomic mass is 9.97. The van der Waals surface area contributed by atoms with Crippen LogP contribution in [0.25, 0.3) is 0 Å². The fourth-order valence-corrected chi connectivity index (χ4v) is 1.31. The van der Waals surface area contributed by atoms with E-state index in [1.807, 2.05) is 0 Å². The first-order chi connectivity index (χ1) is 4.97. The molecule has 2 rings (SSSR count). The summed E-state index contributed by atoms with van der Waals surface area (Å²) in [5.74, 6) is 0.645. The van der Waals surface area contributed by atoms with Crippen molar-refractivity contribution in [1.29, 1.82) is 0 Å². The summed E-state index contributed by atoms with van der Waals surface area (Å²) in [6.07, 6.45) is 7.55. The van der Waals surface area contributed by atoms with Gasteiger partial charge in [0.15, 0.2) is 0 Å². The molecule has 1 saturated heterocycles. The fraction of sp³-hybridized carbons (Fsp3) is 0.429. The Morgan fingerprint density at radius 1 is 1.50 bits per heavy atom. The summed E-state index contributed by atoms with van der Waals surface area (Å²) in [6, 6.07) is 0. The van der Waals surface area contributed by atoms with Crippen LogP contribution in [-0.2, 0) is 0 Å². The molecule has 1 atom stereocenters. The molecule has 0 spiro atoms. The van der Waals surface area contributed by atoms with E-state index in [9.17, 15) is 0 Å². The van der Waals surface area contributed by atoms with E-state index >= 15 is 0 Å². The first-order valence-corrected chi connectivity index (χ1v) is 3.57. The van der Waals surface area contributed by atoms with E-state index in [-0.39, 0.29) is 0 Å². The third kappa shape index (κ3) is 0.936. The van der Waals surface area contributed by atoms with Gasteiger partial charge in [-0.3, -0.25) is 0 Å². The lowest BCUT2D eigenvalue weighted by Crippen LogP contribution is -2.52. The van der Waals surface area contributed by atoms with E-state index in [0.717, 1.165) is 13.0 Å². The summed E-state index contributed by atoms with van der Waals surface area (Å²) in [5.41, 5.74) is 10.3. The summed E-state index contributed by atoms with van der Waals surface area (Å²) in [6.45, 7) is 1.02. The molecule has 0 saturated carbocycles. The average Bonchev–Trinajstić information content (AvgIpc) is 2.05. The maximum absolute atomic E-state index is 3.07. The standard InChI is InChI=1S/C7H11N3/c1-2-4-7-6(3-1)5-8-10-9-7/h1-2,4,6,8-10H,3,5H2. The van der Waals surface area contributed by atoms with Crippen molar-refractivity contribution in [3.63, 3.8) is 0 Å². The summed E-state index contributed by atoms with van der Waals surface area (Å²) < 4.78 is 0. The molecule has 3 heteroatoms. The van der Waals surface area contributed by atoms with E-state index in [2.05, 4.69) is 34.6 Å². The Bertz CT molecular complexity index is 183. The number of allylic oxidation sites excluding steroid dienone is 3. The van der Waals surface area contributed by atoms with Crippen molar-refractivity contribution in [3.05, 3.63) is 23.9 Å². The number of hydrogen-bond acceptors (Lipinski definition) is 3. The van der Waals surface area contributed by atoms with Crippen LogP contribution in [0.1, 0.15) is 6.42 Å². The maximum Gasteiger partial charge on any atom is 0.0322 e. The van der Waals surface area contributed by atoms with Gasteiger partial charge >= 0.3 is 0 Å². The van der Waals surface area contributed by atoms with Crippen LogP contribution in [0.2, 0.25) is 0 Å². The van der Waals surface area contributed by atoms with Crippen molar-refractivity contribution in [2.75, 3.05) is 6.54 Å². The van der Waals surface area contributed by atoms with Gasteiger partial charge in [0.1, 0.15) is 0 Å². The van der Waals surface area contributed by atoms with Gasteiger partial charge in [-0.1, -0.05) is 12.2 Å². The molecule has 0 radical (unpaired) electrons. The molecule has 1 unspecified atom stereocenters. The molecule has 3 nitrogen and oxygen atoms in total. The van der Waals surface area contributed by atoms with E-state index < -0.39 is 0 Å². The average molecular weight is 137 g/mol. The largest absolute Gasteiger partial charge is 0.312 e. The summed E-state index contributed by atoms with van der Waals surface area (Å²) in [5, 5.41) is 0. The third-order valence-corrected chi connectivity index (χ3v) is 1.92. The monoisotopic (exact) mass is 137 g/mol. The van der Waals surface area contributed by atoms with Gasteiger partial charge in [-0.25, -0.2) is 5.43 Å². The Kier molecular flexibility index (Phi) is 1.45. The molecule has 0 bridgehead atoms. The van der Waals surface area contributed by atoms with Crippen LogP contribution >= 0.6 is 0 Å². The predicted octanol–water partition coefficient (Wildman–Crippen LogP) is 0.0588. The van der Waals surface area contributed by atoms with Crippen molar-refractivity contribution in [3.8, 4) is 0 Å². The third-order valence-electron chi connectivity index (χ3n) is 1.92. The highest BCUT2D eigenvalue weighted by Crippen LogP contribution is 2.17. The van der Waals surface area contributed by atoms with Gasteiger partial charge in [-0.15, -0.1) is 0 Å². The Labute approximate surface area is 60.1 Å². The number of fused-ring (bicyclic) bond motifs is 1. The highest BCUT2D eigenvalue weighted by Gasteiger charge is 2.17. The first-order valence-electron chi connectivity index (χ1n) is 3.57. The smallest absolute Gasteiger partial charge is 0.0322 e. The molecule has 1 aliphatic heterocycles. The molecule has 1 heterocycles. The Hall–Kier alpha value is -0.800. The maximum atomic E-state index is 3.07. The molecule has 3 N–H and O–H groups in total. The van der Waals surface area contributed by atoms with Gasteiger partial charge in [-0.2, -0.15) is 5.53 Å². The predicted molar refractivity (Wildman–Crippen MR) is 39.6 cm³/mol. The summed E-state index contributed by atoms with van der Waals surface area (Å²) in [4.78, 5) is 0. The molecule has 10 heavy (non-hydrogen) atoms.